The molecule has 1 saturated heterocycles. The molecule has 0 radical (unpaired) electrons. The number of pyridine rings is 1. The van der Waals surface area contributed by atoms with Gasteiger partial charge in [-0.2, -0.15) is 0 Å². The highest BCUT2D eigenvalue weighted by Crippen LogP contribution is 2.32. The van der Waals surface area contributed by atoms with Gasteiger partial charge in [-0.3, -0.25) is 19.5 Å². The molecule has 2 atom stereocenters. The van der Waals surface area contributed by atoms with Crippen LogP contribution < -0.4 is 10.2 Å². The summed E-state index contributed by atoms with van der Waals surface area (Å²) in [6.07, 6.45) is 5.09. The van der Waals surface area contributed by atoms with Crippen LogP contribution in [0.2, 0.25) is 0 Å². The molecule has 2 amide bonds. The van der Waals surface area contributed by atoms with Gasteiger partial charge in [0.2, 0.25) is 17.8 Å². The molecule has 2 aliphatic rings. The topological polar surface area (TPSA) is 94.6 Å². The molecule has 5 rings (SSSR count). The average Bonchev–Trinajstić information content (AvgIpc) is 3.28. The van der Waals surface area contributed by atoms with E-state index in [0.29, 0.717) is 44.6 Å². The number of hydrogen-bond donors (Lipinski definition) is 1. The first kappa shape index (κ1) is 27.7. The van der Waals surface area contributed by atoms with E-state index in [1.165, 1.54) is 0 Å². The van der Waals surface area contributed by atoms with Gasteiger partial charge in [0.05, 0.1) is 5.69 Å². The molecule has 3 aromatic rings. The quantitative estimate of drug-likeness (QED) is 0.502. The number of nitrogens with zero attached hydrogens (tertiary/aromatic N) is 6. The van der Waals surface area contributed by atoms with Crippen LogP contribution in [-0.4, -0.2) is 68.3 Å². The average molecular weight is 542 g/mol. The lowest BCUT2D eigenvalue weighted by Gasteiger charge is -2.33. The van der Waals surface area contributed by atoms with E-state index in [-0.39, 0.29) is 17.9 Å². The van der Waals surface area contributed by atoms with Gasteiger partial charge in [-0.15, -0.1) is 0 Å². The predicted molar refractivity (Wildman–Crippen MR) is 156 cm³/mol. The van der Waals surface area contributed by atoms with Crippen LogP contribution in [0.1, 0.15) is 55.3 Å². The number of aromatic nitrogens is 3. The number of rotatable bonds is 6. The number of hydrogen-bond acceptors (Lipinski definition) is 7. The third-order valence-electron chi connectivity index (χ3n) is 7.94. The lowest BCUT2D eigenvalue weighted by Crippen LogP contribution is -2.45. The number of nitrogens with one attached hydrogen (secondary N) is 1. The molecule has 0 aliphatic carbocycles. The van der Waals surface area contributed by atoms with Crippen LogP contribution in [-0.2, 0) is 22.7 Å². The largest absolute Gasteiger partial charge is 0.354 e. The number of carbonyl (C=O) groups is 2. The molecule has 9 nitrogen and oxygen atoms in total. The first-order chi connectivity index (χ1) is 19.4. The predicted octanol–water partition coefficient (Wildman–Crippen LogP) is 4.11. The van der Waals surface area contributed by atoms with Crippen LogP contribution in [0.3, 0.4) is 0 Å². The molecule has 4 heterocycles. The summed E-state index contributed by atoms with van der Waals surface area (Å²) in [7, 11) is 0. The minimum absolute atomic E-state index is 0.0213. The Bertz CT molecular complexity index is 1310. The summed E-state index contributed by atoms with van der Waals surface area (Å²) in [5.74, 6) is 0.639. The normalized spacial score (nSPS) is 19.6. The van der Waals surface area contributed by atoms with Crippen molar-refractivity contribution in [1.82, 2.24) is 24.8 Å². The summed E-state index contributed by atoms with van der Waals surface area (Å²) >= 11 is 0. The van der Waals surface area contributed by atoms with Gasteiger partial charge in [0.25, 0.3) is 0 Å². The van der Waals surface area contributed by atoms with Gasteiger partial charge in [-0.05, 0) is 62.9 Å². The van der Waals surface area contributed by atoms with E-state index in [4.69, 9.17) is 0 Å². The number of fused-ring (bicyclic) bond motifs is 3. The fourth-order valence-electron chi connectivity index (χ4n) is 6.05. The lowest BCUT2D eigenvalue weighted by molar-refractivity contribution is -0.132. The molecule has 0 saturated carbocycles. The van der Waals surface area contributed by atoms with Crippen molar-refractivity contribution < 1.29 is 9.59 Å². The van der Waals surface area contributed by atoms with Crippen molar-refractivity contribution in [3.05, 3.63) is 77.4 Å². The molecule has 210 valence electrons. The van der Waals surface area contributed by atoms with Gasteiger partial charge >= 0.3 is 0 Å². The van der Waals surface area contributed by atoms with Crippen molar-refractivity contribution in [2.24, 2.45) is 0 Å². The first-order valence-electron chi connectivity index (χ1n) is 14.2. The number of benzene rings is 1. The number of para-hydroxylation sites is 1. The van der Waals surface area contributed by atoms with Crippen LogP contribution in [0.4, 0.5) is 11.6 Å². The van der Waals surface area contributed by atoms with Crippen LogP contribution in [0, 0.1) is 13.8 Å². The maximum Gasteiger partial charge on any atom is 0.224 e. The van der Waals surface area contributed by atoms with Crippen LogP contribution in [0.15, 0.2) is 54.7 Å². The Kier molecular flexibility index (Phi) is 8.69. The highest BCUT2D eigenvalue weighted by molar-refractivity contribution is 5.92. The molecule has 2 bridgehead atoms. The Balaban J connectivity index is 1.40. The zero-order chi connectivity index (χ0) is 28.1. The van der Waals surface area contributed by atoms with Crippen molar-refractivity contribution in [2.45, 2.75) is 71.6 Å². The zero-order valence-corrected chi connectivity index (χ0v) is 23.7. The third kappa shape index (κ3) is 6.65. The fourth-order valence-corrected chi connectivity index (χ4v) is 6.05. The number of amides is 2. The van der Waals surface area contributed by atoms with Crippen LogP contribution >= 0.6 is 0 Å². The number of anilines is 2. The molecule has 1 aromatic carbocycles. The smallest absolute Gasteiger partial charge is 0.224 e. The second kappa shape index (κ2) is 12.6. The summed E-state index contributed by atoms with van der Waals surface area (Å²) in [5, 5.41) is 3.23. The Morgan fingerprint density at radius 2 is 1.73 bits per heavy atom. The molecule has 0 spiro atoms. The van der Waals surface area contributed by atoms with Gasteiger partial charge in [0.1, 0.15) is 0 Å². The Labute approximate surface area is 236 Å². The summed E-state index contributed by atoms with van der Waals surface area (Å²) in [5.41, 5.74) is 4.69. The first-order valence-corrected chi connectivity index (χ1v) is 14.2. The van der Waals surface area contributed by atoms with Gasteiger partial charge in [0.15, 0.2) is 0 Å². The SMILES string of the molecule is CC(=O)N1CC[C@@H]2CC[C@H](CN(C(=O)CCNc3nc(C)cc(C)n3)Cc3ccccc31)N2Cc1ccccn1. The van der Waals surface area contributed by atoms with Gasteiger partial charge in [-0.25, -0.2) is 9.97 Å². The van der Waals surface area contributed by atoms with Crippen LogP contribution in [0.25, 0.3) is 0 Å². The molecule has 1 N–H and O–H groups in total. The van der Waals surface area contributed by atoms with E-state index < -0.39 is 0 Å². The van der Waals surface area contributed by atoms with Crippen LogP contribution in [0.5, 0.6) is 0 Å². The summed E-state index contributed by atoms with van der Waals surface area (Å²) in [6.45, 7) is 8.42. The van der Waals surface area contributed by atoms with E-state index >= 15 is 0 Å². The Morgan fingerprint density at radius 3 is 2.48 bits per heavy atom. The second-order valence-corrected chi connectivity index (χ2v) is 10.9. The fraction of sp³-hybridized carbons (Fsp3) is 0.452. The Hall–Kier alpha value is -3.85. The van der Waals surface area contributed by atoms with E-state index in [1.807, 2.05) is 72.3 Å². The van der Waals surface area contributed by atoms with Crippen molar-refractivity contribution in [3.63, 3.8) is 0 Å². The van der Waals surface area contributed by atoms with Crippen molar-refractivity contribution in [1.29, 1.82) is 0 Å². The minimum Gasteiger partial charge on any atom is -0.354 e. The standard InChI is InChI=1S/C31H39N7O2/c1-22-18-23(2)35-31(34-22)33-16-13-30(40)36-19-25-8-4-5-10-29(25)37(24(3)39)17-14-27-11-12-28(21-36)38(27)20-26-9-6-7-15-32-26/h4-10,15,18,27-28H,11-14,16-17,19-21H2,1-3H3,(H,33,34,35)/t27-,28+/m0/s1. The summed E-state index contributed by atoms with van der Waals surface area (Å²) in [6, 6.07) is 16.5. The molecular weight excluding hydrogens is 502 g/mol. The maximum absolute atomic E-state index is 13.8. The molecule has 1 fully saturated rings. The highest BCUT2D eigenvalue weighted by atomic mass is 16.2. The molecule has 0 unspecified atom stereocenters. The monoisotopic (exact) mass is 541 g/mol. The molecule has 2 aromatic heterocycles. The summed E-state index contributed by atoms with van der Waals surface area (Å²) in [4.78, 5) is 46.4. The summed E-state index contributed by atoms with van der Waals surface area (Å²) < 4.78 is 0. The molecule has 40 heavy (non-hydrogen) atoms. The lowest BCUT2D eigenvalue weighted by atomic mass is 10.1. The molecular formula is C31H39N7O2. The molecule has 2 aliphatic heterocycles. The van der Waals surface area contributed by atoms with Gasteiger partial charge in [-0.1, -0.05) is 24.3 Å². The Morgan fingerprint density at radius 1 is 0.975 bits per heavy atom. The van der Waals surface area contributed by atoms with E-state index in [0.717, 1.165) is 54.1 Å². The van der Waals surface area contributed by atoms with Crippen molar-refractivity contribution in [2.75, 3.05) is 29.9 Å². The van der Waals surface area contributed by atoms with Crippen molar-refractivity contribution in [3.8, 4) is 0 Å². The maximum atomic E-state index is 13.8. The third-order valence-corrected chi connectivity index (χ3v) is 7.94. The van der Waals surface area contributed by atoms with Crippen molar-refractivity contribution >= 4 is 23.5 Å². The van der Waals surface area contributed by atoms with E-state index in [9.17, 15) is 9.59 Å². The second-order valence-electron chi connectivity index (χ2n) is 10.9. The highest BCUT2D eigenvalue weighted by Gasteiger charge is 2.36. The van der Waals surface area contributed by atoms with Gasteiger partial charge in [0, 0.05) is 81.4 Å². The number of aryl methyl sites for hydroxylation is 2. The van der Waals surface area contributed by atoms with E-state index in [2.05, 4.69) is 31.2 Å². The molecule has 9 heteroatoms. The zero-order valence-electron chi connectivity index (χ0n) is 23.7. The minimum atomic E-state index is 0.0213. The van der Waals surface area contributed by atoms with E-state index in [1.54, 1.807) is 6.92 Å². The van der Waals surface area contributed by atoms with Gasteiger partial charge < -0.3 is 15.1 Å². The number of carbonyl (C=O) groups excluding carboxylic acids is 2.